The Morgan fingerprint density at radius 3 is 2.38 bits per heavy atom. The normalized spacial score (nSPS) is 10.3. The van der Waals surface area contributed by atoms with Gasteiger partial charge in [-0.05, 0) is 35.9 Å². The number of amides is 2. The van der Waals surface area contributed by atoms with Gasteiger partial charge in [-0.15, -0.1) is 0 Å². The Bertz CT molecular complexity index is 779. The summed E-state index contributed by atoms with van der Waals surface area (Å²) in [4.78, 5) is 25.5. The zero-order valence-electron chi connectivity index (χ0n) is 14.6. The van der Waals surface area contributed by atoms with Crippen molar-refractivity contribution in [1.82, 2.24) is 5.32 Å². The molecule has 2 aromatic rings. The van der Waals surface area contributed by atoms with Crippen LogP contribution in [0, 0.1) is 0 Å². The molecule has 26 heavy (non-hydrogen) atoms. The van der Waals surface area contributed by atoms with E-state index < -0.39 is 0 Å². The topological polar surface area (TPSA) is 58.6 Å². The zero-order chi connectivity index (χ0) is 19.1. The van der Waals surface area contributed by atoms with E-state index in [0.29, 0.717) is 34.6 Å². The SMILES string of the molecule is COc1ccc(N(CCNC(=O)Cc2ccc(Cl)cc2)C(C)=O)cc1Cl. The molecule has 0 aromatic heterocycles. The highest BCUT2D eigenvalue weighted by Crippen LogP contribution is 2.29. The summed E-state index contributed by atoms with van der Waals surface area (Å²) in [7, 11) is 1.53. The van der Waals surface area contributed by atoms with E-state index in [2.05, 4.69) is 5.32 Å². The van der Waals surface area contributed by atoms with Gasteiger partial charge in [0.15, 0.2) is 0 Å². The minimum absolute atomic E-state index is 0.122. The Morgan fingerprint density at radius 1 is 1.12 bits per heavy atom. The highest BCUT2D eigenvalue weighted by atomic mass is 35.5. The van der Waals surface area contributed by atoms with Crippen LogP contribution in [0.3, 0.4) is 0 Å². The first kappa shape index (κ1) is 20.1. The fourth-order valence-corrected chi connectivity index (χ4v) is 2.83. The first-order valence-electron chi connectivity index (χ1n) is 8.03. The minimum Gasteiger partial charge on any atom is -0.495 e. The van der Waals surface area contributed by atoms with Crippen molar-refractivity contribution >= 4 is 40.7 Å². The van der Waals surface area contributed by atoms with Crippen LogP contribution in [0.15, 0.2) is 42.5 Å². The number of hydrogen-bond acceptors (Lipinski definition) is 3. The summed E-state index contributed by atoms with van der Waals surface area (Å²) in [5.41, 5.74) is 1.52. The number of carbonyl (C=O) groups excluding carboxylic acids is 2. The van der Waals surface area contributed by atoms with E-state index in [4.69, 9.17) is 27.9 Å². The van der Waals surface area contributed by atoms with Crippen molar-refractivity contribution in [3.8, 4) is 5.75 Å². The summed E-state index contributed by atoms with van der Waals surface area (Å²) < 4.78 is 5.12. The van der Waals surface area contributed by atoms with E-state index in [-0.39, 0.29) is 18.2 Å². The summed E-state index contributed by atoms with van der Waals surface area (Å²) in [5.74, 6) is 0.275. The van der Waals surface area contributed by atoms with Crippen molar-refractivity contribution in [2.75, 3.05) is 25.1 Å². The Morgan fingerprint density at radius 2 is 1.81 bits per heavy atom. The average molecular weight is 395 g/mol. The Labute approximate surface area is 162 Å². The molecule has 0 heterocycles. The minimum atomic E-state index is -0.141. The Kier molecular flexibility index (Phi) is 7.30. The number of methoxy groups -OCH3 is 1. The second-order valence-corrected chi connectivity index (χ2v) is 6.49. The fraction of sp³-hybridized carbons (Fsp3) is 0.263. The van der Waals surface area contributed by atoms with E-state index in [0.717, 1.165) is 5.56 Å². The van der Waals surface area contributed by atoms with Gasteiger partial charge in [0.05, 0.1) is 18.6 Å². The molecule has 2 aromatic carbocycles. The molecule has 5 nitrogen and oxygen atoms in total. The van der Waals surface area contributed by atoms with Crippen LogP contribution < -0.4 is 15.0 Å². The van der Waals surface area contributed by atoms with Crippen molar-refractivity contribution in [1.29, 1.82) is 0 Å². The molecule has 0 saturated carbocycles. The van der Waals surface area contributed by atoms with Gasteiger partial charge in [0, 0.05) is 30.7 Å². The molecule has 0 aliphatic rings. The van der Waals surface area contributed by atoms with Crippen molar-refractivity contribution in [3.05, 3.63) is 58.1 Å². The molecule has 0 spiro atoms. The van der Waals surface area contributed by atoms with Gasteiger partial charge in [0.2, 0.25) is 11.8 Å². The van der Waals surface area contributed by atoms with E-state index in [1.807, 2.05) is 12.1 Å². The molecule has 2 amide bonds. The van der Waals surface area contributed by atoms with E-state index in [9.17, 15) is 9.59 Å². The summed E-state index contributed by atoms with van der Waals surface area (Å²) >= 11 is 12.0. The number of ether oxygens (including phenoxy) is 1. The molecule has 138 valence electrons. The van der Waals surface area contributed by atoms with Crippen LogP contribution >= 0.6 is 23.2 Å². The molecule has 2 rings (SSSR count). The quantitative estimate of drug-likeness (QED) is 0.778. The Balaban J connectivity index is 1.92. The van der Waals surface area contributed by atoms with Crippen molar-refractivity contribution < 1.29 is 14.3 Å². The molecule has 0 saturated heterocycles. The zero-order valence-corrected chi connectivity index (χ0v) is 16.1. The van der Waals surface area contributed by atoms with Gasteiger partial charge >= 0.3 is 0 Å². The van der Waals surface area contributed by atoms with Gasteiger partial charge in [-0.2, -0.15) is 0 Å². The first-order valence-corrected chi connectivity index (χ1v) is 8.79. The third-order valence-electron chi connectivity index (χ3n) is 3.76. The Hall–Kier alpha value is -2.24. The van der Waals surface area contributed by atoms with Gasteiger partial charge in [-0.3, -0.25) is 9.59 Å². The molecule has 0 fully saturated rings. The van der Waals surface area contributed by atoms with Crippen molar-refractivity contribution in [2.24, 2.45) is 0 Å². The lowest BCUT2D eigenvalue weighted by molar-refractivity contribution is -0.121. The predicted molar refractivity (Wildman–Crippen MR) is 104 cm³/mol. The lowest BCUT2D eigenvalue weighted by Gasteiger charge is -2.22. The van der Waals surface area contributed by atoms with Gasteiger partial charge < -0.3 is 15.0 Å². The number of nitrogens with zero attached hydrogens (tertiary/aromatic N) is 1. The van der Waals surface area contributed by atoms with Crippen molar-refractivity contribution in [3.63, 3.8) is 0 Å². The largest absolute Gasteiger partial charge is 0.495 e. The number of rotatable bonds is 7. The molecular formula is C19H20Cl2N2O3. The van der Waals surface area contributed by atoms with E-state index >= 15 is 0 Å². The second-order valence-electron chi connectivity index (χ2n) is 5.64. The molecule has 0 unspecified atom stereocenters. The smallest absolute Gasteiger partial charge is 0.224 e. The van der Waals surface area contributed by atoms with Gasteiger partial charge in [-0.25, -0.2) is 0 Å². The number of carbonyl (C=O) groups is 2. The maximum absolute atomic E-state index is 12.0. The lowest BCUT2D eigenvalue weighted by Crippen LogP contribution is -2.38. The monoisotopic (exact) mass is 394 g/mol. The molecular weight excluding hydrogens is 375 g/mol. The number of benzene rings is 2. The van der Waals surface area contributed by atoms with Gasteiger partial charge in [0.1, 0.15) is 5.75 Å². The summed E-state index contributed by atoms with van der Waals surface area (Å²) in [5, 5.41) is 3.86. The van der Waals surface area contributed by atoms with Crippen LogP contribution in [-0.4, -0.2) is 32.0 Å². The highest BCUT2D eigenvalue weighted by molar-refractivity contribution is 6.32. The number of anilines is 1. The third kappa shape index (κ3) is 5.64. The van der Waals surface area contributed by atoms with Crippen LogP contribution in [0.5, 0.6) is 5.75 Å². The van der Waals surface area contributed by atoms with Crippen LogP contribution in [0.2, 0.25) is 10.0 Å². The molecule has 0 atom stereocenters. The summed E-state index contributed by atoms with van der Waals surface area (Å²) in [6, 6.07) is 12.2. The summed E-state index contributed by atoms with van der Waals surface area (Å²) in [6.07, 6.45) is 0.256. The van der Waals surface area contributed by atoms with E-state index in [1.165, 1.54) is 14.0 Å². The van der Waals surface area contributed by atoms with Crippen LogP contribution in [0.4, 0.5) is 5.69 Å². The lowest BCUT2D eigenvalue weighted by atomic mass is 10.1. The number of nitrogens with one attached hydrogen (secondary N) is 1. The van der Waals surface area contributed by atoms with Gasteiger partial charge in [0.25, 0.3) is 0 Å². The van der Waals surface area contributed by atoms with Crippen molar-refractivity contribution in [2.45, 2.75) is 13.3 Å². The van der Waals surface area contributed by atoms with Crippen LogP contribution in [0.25, 0.3) is 0 Å². The number of hydrogen-bond donors (Lipinski definition) is 1. The number of halogens is 2. The van der Waals surface area contributed by atoms with E-state index in [1.54, 1.807) is 35.2 Å². The standard InChI is InChI=1S/C19H20Cl2N2O3/c1-13(24)23(16-7-8-18(26-2)17(21)12-16)10-9-22-19(25)11-14-3-5-15(20)6-4-14/h3-8,12H,9-11H2,1-2H3,(H,22,25). The fourth-order valence-electron chi connectivity index (χ4n) is 2.45. The summed E-state index contributed by atoms with van der Waals surface area (Å²) in [6.45, 7) is 2.13. The predicted octanol–water partition coefficient (Wildman–Crippen LogP) is 3.71. The molecule has 0 aliphatic heterocycles. The maximum atomic E-state index is 12.0. The van der Waals surface area contributed by atoms with Crippen LogP contribution in [-0.2, 0) is 16.0 Å². The van der Waals surface area contributed by atoms with Gasteiger partial charge in [-0.1, -0.05) is 35.3 Å². The molecule has 7 heteroatoms. The maximum Gasteiger partial charge on any atom is 0.224 e. The average Bonchev–Trinajstić information content (AvgIpc) is 2.60. The highest BCUT2D eigenvalue weighted by Gasteiger charge is 2.14. The third-order valence-corrected chi connectivity index (χ3v) is 4.31. The molecule has 1 N–H and O–H groups in total. The molecule has 0 aliphatic carbocycles. The molecule has 0 radical (unpaired) electrons. The van der Waals surface area contributed by atoms with Crippen LogP contribution in [0.1, 0.15) is 12.5 Å². The second kappa shape index (κ2) is 9.46. The molecule has 0 bridgehead atoms. The first-order chi connectivity index (χ1) is 12.4.